The van der Waals surface area contributed by atoms with Gasteiger partial charge in [0.05, 0.1) is 96.9 Å². The molecule has 17 rings (SSSR count). The number of esters is 4. The molecule has 6 aliphatic rings. The van der Waals surface area contributed by atoms with Gasteiger partial charge in [0.15, 0.2) is 12.1 Å². The second kappa shape index (κ2) is 69.8. The number of carboxylic acids is 4. The summed E-state index contributed by atoms with van der Waals surface area (Å²) in [6.45, 7) is 17.0. The number of benzene rings is 8. The number of methoxy groups -OCH3 is 6. The minimum Gasteiger partial charge on any atom is -0.855 e. The molecule has 3 heterocycles. The Balaban J connectivity index is 0.000000843. The number of nitrogens with zero attached hydrogens (tertiary/aromatic N) is 8. The van der Waals surface area contributed by atoms with Crippen LogP contribution in [0.1, 0.15) is 248 Å². The van der Waals surface area contributed by atoms with Crippen LogP contribution in [-0.2, 0) is 177 Å². The first-order valence-electron chi connectivity index (χ1n) is 46.8. The van der Waals surface area contributed by atoms with Crippen LogP contribution in [0.15, 0.2) is 155 Å². The molecule has 147 heavy (non-hydrogen) atoms. The van der Waals surface area contributed by atoms with Crippen LogP contribution in [-0.4, -0.2) is 177 Å². The van der Waals surface area contributed by atoms with Crippen molar-refractivity contribution in [3.05, 3.63) is 272 Å². The standard InChI is InChI=1S/C22H23NO3.C21H21NO2.C15H17N3O3.C15H17NO3.C11H12O2.C10H12O.C4H7N3O2.4C2H4O2.C2H5O.2CH4.Na.2Rh/c1-3-26-22(24)19-13-18-20(25-2)12-16-10-7-11-17(16)21(18)23(19)14-15-8-5-4-6-9-15;1-14(23)19-12-18-20(24-2)11-16-9-6-10-17(16)21(18)22(19)13-15-7-4-3-5-8-15;1-3-21-15(19)13(17-18-16)8-12-7-10-5-4-6-11(10)9-14(12)20-2;1-3-19-15(17)12-8-11-13(18-2)7-9-5-4-6-10(9)14(11)16-12;1-13-11-6-9-4-2-3-8(9)5-10(11)7-12;1-11-10-6-5-8-3-2-4-9(8)7-10;1-2-9-4(8)3-6-7-5;4*1-2(3)4;1-2-3;;;;;/h4-6,8-9,12-13H,3,7,10-11,14H2,1-2H3;3-5,7-8,11-12H,6,9-10,13H2,1-2H3;7-9H,3-6H2,1-2H3;7-8,16H,3-6H2,1-2H3;5-7H,2-4H2,1H3;5-7H,2-4H2,1H3;2-3H2,1H3;4*1H3,(H,3,4);2H2,1H3;2*1H4;;;/q;;;;;;;;;;;-1;;;+1;;/b;;13-8-;;;;;;;;;;;;;;. The van der Waals surface area contributed by atoms with E-state index in [0.717, 1.165) is 179 Å². The first-order chi connectivity index (χ1) is 68.2. The molecule has 0 unspecified atom stereocenters. The van der Waals surface area contributed by atoms with E-state index in [1.54, 1.807) is 77.3 Å². The number of aliphatic carboxylic acids is 4. The van der Waals surface area contributed by atoms with Gasteiger partial charge in [-0.05, 0) is 311 Å². The van der Waals surface area contributed by atoms with Crippen LogP contribution in [0.2, 0.25) is 0 Å². The van der Waals surface area contributed by atoms with Crippen molar-refractivity contribution in [1.82, 2.24) is 14.1 Å². The molecule has 0 atom stereocenters. The third kappa shape index (κ3) is 40.5. The molecule has 0 saturated carbocycles. The van der Waals surface area contributed by atoms with Gasteiger partial charge in [0.2, 0.25) is 0 Å². The zero-order valence-electron chi connectivity index (χ0n) is 85.4. The number of Topliss-reactive ketones (excluding diaryl/α,β-unsaturated/α-hetero) is 1. The maximum absolute atomic E-state index is 12.6. The Labute approximate surface area is 907 Å². The van der Waals surface area contributed by atoms with E-state index in [1.807, 2.05) is 91.9 Å². The van der Waals surface area contributed by atoms with Crippen molar-refractivity contribution in [2.45, 2.75) is 213 Å². The van der Waals surface area contributed by atoms with E-state index in [2.05, 4.69) is 93.5 Å². The average Bonchev–Trinajstić information content (AvgIpc) is 1.59. The van der Waals surface area contributed by atoms with Gasteiger partial charge in [-0.3, -0.25) is 33.6 Å². The smallest absolute Gasteiger partial charge is 0.855 e. The molecule has 5 N–H and O–H groups in total. The molecule has 0 bridgehead atoms. The number of carbonyl (C=O) groups is 10. The molecule has 34 nitrogen and oxygen atoms in total. The van der Waals surface area contributed by atoms with Gasteiger partial charge in [-0.15, -0.1) is 6.61 Å². The van der Waals surface area contributed by atoms with Crippen LogP contribution in [0, 0.1) is 0 Å². The number of carboxylic acid groups (broad SMARTS) is 4. The molecule has 0 saturated heterocycles. The van der Waals surface area contributed by atoms with Crippen molar-refractivity contribution in [3.8, 4) is 34.5 Å². The average molecular weight is 2220 g/mol. The van der Waals surface area contributed by atoms with Crippen LogP contribution in [0.25, 0.3) is 59.7 Å². The summed E-state index contributed by atoms with van der Waals surface area (Å²) >= 11 is 0. The Hall–Kier alpha value is -13.2. The quantitative estimate of drug-likeness (QED) is 0.00457. The van der Waals surface area contributed by atoms with Gasteiger partial charge in [-0.25, -0.2) is 14.4 Å². The third-order valence-electron chi connectivity index (χ3n) is 22.6. The number of carbonyl (C=O) groups excluding carboxylic acids is 6. The number of aryl methyl sites for hydroxylation is 12. The second-order valence-electron chi connectivity index (χ2n) is 32.4. The molecule has 11 aromatic rings. The summed E-state index contributed by atoms with van der Waals surface area (Å²) in [7, 11) is 9.95. The number of azide groups is 2. The fourth-order valence-electron chi connectivity index (χ4n) is 17.0. The second-order valence-corrected chi connectivity index (χ2v) is 32.4. The zero-order chi connectivity index (χ0) is 104. The van der Waals surface area contributed by atoms with Crippen molar-refractivity contribution in [2.24, 2.45) is 10.2 Å². The SMILES string of the molecule is C.C.CC(=O)O.CC(=O)O.CC(=O)O.CC(=O)O.CCOC(=O)/C(=C/c1cc2c(cc1OC)CCC2)N=[N+]=[N-].CCOC(=O)CN=[N+]=[N-].CCOC(=O)c1cc2c(OC)cc3c(c2[nH]1)CCC3.CCOC(=O)c1cc2c(OC)cc3c(c2n1Cc1ccccc1)CCC3.CC[O-].COc1cc2c(c3c1cc(C(C)=O)n3Cc1ccccc1)CCC2.COc1cc2c(cc1C=O)CCC2.COc1ccc2c(c1)CCC2.[Na+].[Rh].[Rh]. The third-order valence-corrected chi connectivity index (χ3v) is 22.6. The van der Waals surface area contributed by atoms with Gasteiger partial charge in [0.25, 0.3) is 23.9 Å². The summed E-state index contributed by atoms with van der Waals surface area (Å²) in [5, 5.41) is 48.0. The predicted molar refractivity (Wildman–Crippen MR) is 553 cm³/mol. The van der Waals surface area contributed by atoms with E-state index in [0.29, 0.717) is 66.9 Å². The largest absolute Gasteiger partial charge is 1.00 e. The first kappa shape index (κ1) is 132. The summed E-state index contributed by atoms with van der Waals surface area (Å²) in [5.41, 5.74) is 41.3. The van der Waals surface area contributed by atoms with Crippen molar-refractivity contribution >= 4 is 98.6 Å². The molecule has 0 fully saturated rings. The number of aldehydes is 1. The number of aromatic nitrogens is 3. The van der Waals surface area contributed by atoms with Gasteiger partial charge >= 0.3 is 53.4 Å². The Morgan fingerprint density at radius 2 is 0.782 bits per heavy atom. The molecule has 0 amide bonds. The Morgan fingerprint density at radius 3 is 1.19 bits per heavy atom. The van der Waals surface area contributed by atoms with Gasteiger partial charge in [-0.1, -0.05) is 98.7 Å². The number of rotatable bonds is 23. The number of nitrogens with one attached hydrogen (secondary N) is 1. The Morgan fingerprint density at radius 1 is 0.422 bits per heavy atom. The number of fused-ring (bicyclic) bond motifs is 12. The monoisotopic (exact) mass is 2210 g/mol. The Kier molecular flexibility index (Phi) is 62.6. The van der Waals surface area contributed by atoms with Crippen LogP contribution >= 0.6 is 0 Å². The number of H-pyrrole nitrogens is 1. The number of hydrogen-bond donors (Lipinski definition) is 5. The van der Waals surface area contributed by atoms with Crippen LogP contribution < -0.4 is 63.1 Å². The molecule has 2 radical (unpaired) electrons. The topological polar surface area (TPSA) is 490 Å². The molecule has 6 aliphatic carbocycles. The van der Waals surface area contributed by atoms with Gasteiger partial charge in [0.1, 0.15) is 58.1 Å². The summed E-state index contributed by atoms with van der Waals surface area (Å²) < 4.78 is 56.3. The maximum Gasteiger partial charge on any atom is 1.00 e. The van der Waals surface area contributed by atoms with E-state index in [-0.39, 0.29) is 127 Å². The van der Waals surface area contributed by atoms with Crippen molar-refractivity contribution < 1.29 is 189 Å². The Bertz CT molecular complexity index is 6240. The number of ketones is 1. The molecular weight excluding hydrogens is 2080 g/mol. The minimum atomic E-state index is -0.833. The van der Waals surface area contributed by atoms with Crippen LogP contribution in [0.3, 0.4) is 0 Å². The van der Waals surface area contributed by atoms with Gasteiger partial charge in [0, 0.05) is 118 Å². The first-order valence-corrected chi connectivity index (χ1v) is 46.8. The fraction of sp³-hybridized carbons (Fsp3) is 0.400. The van der Waals surface area contributed by atoms with Crippen LogP contribution in [0.4, 0.5) is 0 Å². The summed E-state index contributed by atoms with van der Waals surface area (Å²) in [6, 6.07) is 46.9. The molecule has 0 spiro atoms. The number of aromatic amines is 1. The zero-order valence-corrected chi connectivity index (χ0v) is 90.7. The van der Waals surface area contributed by atoms with E-state index < -0.39 is 35.8 Å². The van der Waals surface area contributed by atoms with Crippen molar-refractivity contribution in [3.63, 3.8) is 0 Å². The van der Waals surface area contributed by atoms with E-state index >= 15 is 0 Å². The van der Waals surface area contributed by atoms with Crippen molar-refractivity contribution in [2.75, 3.05) is 82.2 Å². The van der Waals surface area contributed by atoms with Gasteiger partial charge < -0.3 is 87.0 Å². The number of ether oxygens (including phenoxy) is 10. The summed E-state index contributed by atoms with van der Waals surface area (Å²) in [6.07, 6.45) is 22.6. The molecule has 8 aromatic carbocycles. The van der Waals surface area contributed by atoms with Gasteiger partial charge in [-0.2, -0.15) is 0 Å². The molecule has 792 valence electrons. The predicted octanol–water partition coefficient (Wildman–Crippen LogP) is 18.0. The van der Waals surface area contributed by atoms with Crippen molar-refractivity contribution in [1.29, 1.82) is 0 Å². The van der Waals surface area contributed by atoms with E-state index in [4.69, 9.17) is 98.4 Å². The van der Waals surface area contributed by atoms with Crippen LogP contribution in [0.5, 0.6) is 34.5 Å². The number of hydrogen-bond acceptors (Lipinski definition) is 23. The summed E-state index contributed by atoms with van der Waals surface area (Å²) in [4.78, 5) is 114. The summed E-state index contributed by atoms with van der Waals surface area (Å²) in [5.74, 6) is -0.0858. The van der Waals surface area contributed by atoms with E-state index in [9.17, 15) is 28.8 Å². The van der Waals surface area contributed by atoms with E-state index in [1.165, 1.54) is 116 Å². The molecular formula is C110H138N9NaO25Rh2. The normalized spacial score (nSPS) is 11.7. The molecule has 0 aliphatic heterocycles. The fourth-order valence-corrected chi connectivity index (χ4v) is 17.0. The molecule has 37 heteroatoms. The minimum absolute atomic E-state index is 0. The maximum atomic E-state index is 12.6. The molecule has 3 aromatic heterocycles.